The van der Waals surface area contributed by atoms with Gasteiger partial charge in [-0.2, -0.15) is 0 Å². The normalized spacial score (nSPS) is 40.3. The number of anilines is 1. The number of aromatic hydroxyl groups is 1. The standard InChI is InChI=1S/C20H22N2O2/c1-3-12-10-22(2)8-7-20-15-5-4-6-16(24)18(15)21-19(20)14(11-23)13(12)9-17(20)22/h3-6,11,13,17H,7-10H2,1-2H3,(H-,21,23,24)/p+1/b12-3+/t13-,17-,20+,22+/m0/s1. The third-order valence-corrected chi connectivity index (χ3v) is 7.17. The number of nitrogens with zero attached hydrogens (tertiary/aromatic N) is 1. The molecule has 4 nitrogen and oxygen atoms in total. The van der Waals surface area contributed by atoms with E-state index in [2.05, 4.69) is 31.4 Å². The maximum absolute atomic E-state index is 12.1. The van der Waals surface area contributed by atoms with E-state index in [0.717, 1.165) is 53.7 Å². The van der Waals surface area contributed by atoms with E-state index in [4.69, 9.17) is 0 Å². The largest absolute Gasteiger partial charge is 0.506 e. The van der Waals surface area contributed by atoms with Gasteiger partial charge >= 0.3 is 0 Å². The zero-order valence-electron chi connectivity index (χ0n) is 14.2. The number of allylic oxidation sites excluding steroid dienone is 2. The molecule has 0 saturated carbocycles. The molecule has 1 aromatic rings. The number of aldehydes is 1. The first kappa shape index (κ1) is 14.3. The average molecular weight is 323 g/mol. The predicted molar refractivity (Wildman–Crippen MR) is 92.7 cm³/mol. The van der Waals surface area contributed by atoms with Gasteiger partial charge in [-0.3, -0.25) is 4.79 Å². The molecule has 2 saturated heterocycles. The summed E-state index contributed by atoms with van der Waals surface area (Å²) in [5.41, 5.74) is 5.23. The Morgan fingerprint density at radius 1 is 1.42 bits per heavy atom. The van der Waals surface area contributed by atoms with Crippen molar-refractivity contribution in [3.05, 3.63) is 46.7 Å². The minimum Gasteiger partial charge on any atom is -0.506 e. The summed E-state index contributed by atoms with van der Waals surface area (Å²) < 4.78 is 1.04. The fraction of sp³-hybridized carbons (Fsp3) is 0.450. The van der Waals surface area contributed by atoms with Crippen molar-refractivity contribution in [1.29, 1.82) is 0 Å². The Bertz CT molecular complexity index is 840. The number of para-hydroxylation sites is 1. The van der Waals surface area contributed by atoms with E-state index in [1.807, 2.05) is 6.07 Å². The molecule has 2 N–H and O–H groups in total. The third kappa shape index (κ3) is 1.38. The Morgan fingerprint density at radius 3 is 3.00 bits per heavy atom. The lowest BCUT2D eigenvalue weighted by atomic mass is 9.61. The molecular weight excluding hydrogens is 300 g/mol. The number of phenols is 1. The van der Waals surface area contributed by atoms with Gasteiger partial charge in [-0.1, -0.05) is 18.2 Å². The number of hydrogen-bond donors (Lipinski definition) is 2. The van der Waals surface area contributed by atoms with Crippen molar-refractivity contribution in [2.45, 2.75) is 31.2 Å². The second-order valence-electron chi connectivity index (χ2n) is 8.02. The lowest BCUT2D eigenvalue weighted by Gasteiger charge is -2.51. The number of piperidine rings is 1. The number of nitrogens with one attached hydrogen (secondary N) is 1. The van der Waals surface area contributed by atoms with Crippen LogP contribution in [0.4, 0.5) is 5.69 Å². The lowest BCUT2D eigenvalue weighted by Crippen LogP contribution is -2.61. The molecular formula is C20H23N2O2+. The fourth-order valence-electron chi connectivity index (χ4n) is 6.12. The highest BCUT2D eigenvalue weighted by Gasteiger charge is 2.67. The molecule has 24 heavy (non-hydrogen) atoms. The first-order valence-electron chi connectivity index (χ1n) is 8.84. The number of likely N-dealkylation sites (N-methyl/N-ethyl adjacent to an activating group) is 1. The van der Waals surface area contributed by atoms with Gasteiger partial charge in [-0.05, 0) is 24.1 Å². The van der Waals surface area contributed by atoms with E-state index in [1.54, 1.807) is 6.07 Å². The summed E-state index contributed by atoms with van der Waals surface area (Å²) in [6.45, 7) is 4.24. The molecule has 4 heteroatoms. The zero-order chi connectivity index (χ0) is 16.7. The van der Waals surface area contributed by atoms with Crippen molar-refractivity contribution in [2.75, 3.05) is 25.5 Å². The van der Waals surface area contributed by atoms with Gasteiger partial charge in [-0.15, -0.1) is 0 Å². The highest BCUT2D eigenvalue weighted by atomic mass is 16.3. The minimum absolute atomic E-state index is 0.130. The van der Waals surface area contributed by atoms with Gasteiger partial charge in [0.1, 0.15) is 24.6 Å². The average Bonchev–Trinajstić information content (AvgIpc) is 3.09. The second kappa shape index (κ2) is 4.31. The maximum atomic E-state index is 12.1. The number of fused-ring (bicyclic) bond motifs is 2. The predicted octanol–water partition coefficient (Wildman–Crippen LogP) is 2.71. The van der Waals surface area contributed by atoms with E-state index in [9.17, 15) is 9.90 Å². The molecule has 2 fully saturated rings. The van der Waals surface area contributed by atoms with Gasteiger partial charge in [0.25, 0.3) is 0 Å². The number of carbonyl (C=O) groups excluding carboxylic acids is 1. The van der Waals surface area contributed by atoms with Crippen LogP contribution in [0.2, 0.25) is 0 Å². The first-order chi connectivity index (χ1) is 11.5. The van der Waals surface area contributed by atoms with E-state index >= 15 is 0 Å². The number of benzene rings is 1. The summed E-state index contributed by atoms with van der Waals surface area (Å²) in [5.74, 6) is 0.518. The van der Waals surface area contributed by atoms with Crippen LogP contribution < -0.4 is 5.32 Å². The first-order valence-corrected chi connectivity index (χ1v) is 8.84. The van der Waals surface area contributed by atoms with Crippen molar-refractivity contribution >= 4 is 12.0 Å². The van der Waals surface area contributed by atoms with E-state index in [0.29, 0.717) is 6.04 Å². The SMILES string of the molecule is C/C=C1\C[N@@+]2(C)CC[C@]34C(=C(C=O)[C@H]1C[C@@H]32)Nc1c(O)cccc14. The van der Waals surface area contributed by atoms with Crippen molar-refractivity contribution in [1.82, 2.24) is 0 Å². The van der Waals surface area contributed by atoms with Gasteiger partial charge in [0.2, 0.25) is 0 Å². The molecule has 2 bridgehead atoms. The number of phenolic OH excluding ortho intramolecular Hbond substituents is 1. The van der Waals surface area contributed by atoms with Crippen LogP contribution in [0.5, 0.6) is 5.75 Å². The Hall–Kier alpha value is -2.07. The van der Waals surface area contributed by atoms with Gasteiger partial charge < -0.3 is 14.9 Å². The van der Waals surface area contributed by atoms with Crippen molar-refractivity contribution < 1.29 is 14.4 Å². The van der Waals surface area contributed by atoms with E-state index in [1.165, 1.54) is 11.1 Å². The van der Waals surface area contributed by atoms with Gasteiger partial charge in [0, 0.05) is 30.0 Å². The van der Waals surface area contributed by atoms with E-state index in [-0.39, 0.29) is 17.1 Å². The van der Waals surface area contributed by atoms with Crippen LogP contribution in [0.3, 0.4) is 0 Å². The van der Waals surface area contributed by atoms with Crippen LogP contribution >= 0.6 is 0 Å². The summed E-state index contributed by atoms with van der Waals surface area (Å²) in [6.07, 6.45) is 5.34. The molecule has 124 valence electrons. The summed E-state index contributed by atoms with van der Waals surface area (Å²) >= 11 is 0. The summed E-state index contributed by atoms with van der Waals surface area (Å²) in [6, 6.07) is 6.27. The zero-order valence-corrected chi connectivity index (χ0v) is 14.2. The van der Waals surface area contributed by atoms with Crippen molar-refractivity contribution in [3.8, 4) is 5.75 Å². The number of quaternary nitrogens is 1. The molecule has 1 aliphatic carbocycles. The van der Waals surface area contributed by atoms with Crippen molar-refractivity contribution in [3.63, 3.8) is 0 Å². The summed E-state index contributed by atoms with van der Waals surface area (Å²) in [7, 11) is 2.36. The molecule has 1 aromatic carbocycles. The molecule has 3 aliphatic heterocycles. The summed E-state index contributed by atoms with van der Waals surface area (Å²) in [4.78, 5) is 12.1. The maximum Gasteiger partial charge on any atom is 0.148 e. The molecule has 0 radical (unpaired) electrons. The number of hydrogen-bond acceptors (Lipinski definition) is 3. The highest BCUT2D eigenvalue weighted by molar-refractivity contribution is 5.85. The molecule has 5 rings (SSSR count). The van der Waals surface area contributed by atoms with Crippen LogP contribution in [-0.4, -0.2) is 42.1 Å². The monoisotopic (exact) mass is 323 g/mol. The molecule has 0 amide bonds. The topological polar surface area (TPSA) is 49.3 Å². The number of carbonyl (C=O) groups is 1. The third-order valence-electron chi connectivity index (χ3n) is 7.17. The quantitative estimate of drug-likeness (QED) is 0.362. The number of rotatable bonds is 1. The van der Waals surface area contributed by atoms with Crippen LogP contribution in [0.25, 0.3) is 0 Å². The van der Waals surface area contributed by atoms with E-state index < -0.39 is 0 Å². The van der Waals surface area contributed by atoms with Crippen LogP contribution in [-0.2, 0) is 10.2 Å². The Labute approximate surface area is 142 Å². The minimum atomic E-state index is -0.130. The van der Waals surface area contributed by atoms with Crippen molar-refractivity contribution in [2.24, 2.45) is 5.92 Å². The lowest BCUT2D eigenvalue weighted by molar-refractivity contribution is -0.923. The molecule has 1 spiro atoms. The molecule has 3 heterocycles. The fourth-order valence-corrected chi connectivity index (χ4v) is 6.12. The highest BCUT2D eigenvalue weighted by Crippen LogP contribution is 2.63. The van der Waals surface area contributed by atoms with Crippen LogP contribution in [0.15, 0.2) is 41.1 Å². The van der Waals surface area contributed by atoms with Gasteiger partial charge in [-0.25, -0.2) is 0 Å². The van der Waals surface area contributed by atoms with Crippen LogP contribution in [0, 0.1) is 5.92 Å². The van der Waals surface area contributed by atoms with Crippen LogP contribution in [0.1, 0.15) is 25.3 Å². The Morgan fingerprint density at radius 2 is 2.25 bits per heavy atom. The second-order valence-corrected chi connectivity index (χ2v) is 8.02. The van der Waals surface area contributed by atoms with Gasteiger partial charge in [0.15, 0.2) is 0 Å². The summed E-state index contributed by atoms with van der Waals surface area (Å²) in [5, 5.41) is 13.8. The Kier molecular flexibility index (Phi) is 2.56. The molecule has 0 aromatic heterocycles. The smallest absolute Gasteiger partial charge is 0.148 e. The Balaban J connectivity index is 1.86. The molecule has 4 atom stereocenters. The molecule has 0 unspecified atom stereocenters. The molecule has 4 aliphatic rings. The van der Waals surface area contributed by atoms with Gasteiger partial charge in [0.05, 0.1) is 24.7 Å².